The second-order valence-electron chi connectivity index (χ2n) is 5.02. The van der Waals surface area contributed by atoms with Gasteiger partial charge in [-0.1, -0.05) is 13.8 Å². The maximum absolute atomic E-state index is 11.8. The molecule has 1 aliphatic carbocycles. The van der Waals surface area contributed by atoms with Gasteiger partial charge in [0.15, 0.2) is 0 Å². The molecule has 0 bridgehead atoms. The van der Waals surface area contributed by atoms with Gasteiger partial charge in [0.2, 0.25) is 5.91 Å². The Morgan fingerprint density at radius 3 is 2.11 bits per heavy atom. The number of amides is 1. The van der Waals surface area contributed by atoms with Crippen LogP contribution in [0.1, 0.15) is 39.5 Å². The van der Waals surface area contributed by atoms with Gasteiger partial charge >= 0.3 is 29.6 Å². The summed E-state index contributed by atoms with van der Waals surface area (Å²) in [5.74, 6) is -2.71. The van der Waals surface area contributed by atoms with Crippen molar-refractivity contribution >= 4 is 11.9 Å². The Morgan fingerprint density at radius 2 is 1.67 bits per heavy atom. The summed E-state index contributed by atoms with van der Waals surface area (Å²) in [4.78, 5) is 22.5. The Hall–Kier alpha value is -0.100. The molecule has 3 N–H and O–H groups in total. The zero-order valence-electron chi connectivity index (χ0n) is 11.4. The van der Waals surface area contributed by atoms with Gasteiger partial charge in [-0.3, -0.25) is 4.79 Å². The summed E-state index contributed by atoms with van der Waals surface area (Å²) >= 11 is 0. The van der Waals surface area contributed by atoms with Crippen molar-refractivity contribution in [2.45, 2.75) is 51.6 Å². The van der Waals surface area contributed by atoms with Gasteiger partial charge in [0.05, 0.1) is 0 Å². The fourth-order valence-electron chi connectivity index (χ4n) is 2.03. The largest absolute Gasteiger partial charge is 1.00 e. The van der Waals surface area contributed by atoms with Gasteiger partial charge in [-0.15, -0.1) is 0 Å². The number of nitrogens with two attached hydrogens (primary N) is 1. The molecule has 0 heterocycles. The van der Waals surface area contributed by atoms with Gasteiger partial charge in [0.1, 0.15) is 0 Å². The maximum atomic E-state index is 11.8. The molecule has 1 fully saturated rings. The van der Waals surface area contributed by atoms with Crippen LogP contribution >= 0.6 is 0 Å². The summed E-state index contributed by atoms with van der Waals surface area (Å²) in [6.45, 7) is 3.11. The molecule has 1 aliphatic rings. The van der Waals surface area contributed by atoms with Crippen LogP contribution < -0.4 is 45.7 Å². The SMILES string of the molecule is CC(C(=O)[O-])C(C)C(=O)NC1CCC(N)CC1.[Na+]. The first kappa shape index (κ1) is 17.9. The standard InChI is InChI=1S/C12H22N2O3.Na/c1-7(8(2)12(16)17)11(15)14-10-5-3-9(13)4-6-10;/h7-10H,3-6,13H2,1-2H3,(H,14,15)(H,16,17);/q;+1/p-1. The summed E-state index contributed by atoms with van der Waals surface area (Å²) < 4.78 is 0. The molecular formula is C12H21N2NaO3. The van der Waals surface area contributed by atoms with E-state index in [1.54, 1.807) is 6.92 Å². The average Bonchev–Trinajstić information content (AvgIpc) is 2.30. The number of carboxylic acid groups (broad SMARTS) is 1. The van der Waals surface area contributed by atoms with Gasteiger partial charge in [0, 0.05) is 29.9 Å². The molecule has 6 heteroatoms. The quantitative estimate of drug-likeness (QED) is 0.513. The number of nitrogens with one attached hydrogen (secondary N) is 1. The van der Waals surface area contributed by atoms with Crippen LogP contribution in [0.2, 0.25) is 0 Å². The van der Waals surface area contributed by atoms with Crippen LogP contribution in [0.3, 0.4) is 0 Å². The van der Waals surface area contributed by atoms with Gasteiger partial charge in [0.25, 0.3) is 0 Å². The summed E-state index contributed by atoms with van der Waals surface area (Å²) in [6.07, 6.45) is 3.57. The Bertz CT molecular complexity index is 291. The third-order valence-corrected chi connectivity index (χ3v) is 3.65. The van der Waals surface area contributed by atoms with E-state index in [-0.39, 0.29) is 47.5 Å². The van der Waals surface area contributed by atoms with E-state index in [1.807, 2.05) is 0 Å². The van der Waals surface area contributed by atoms with Crippen LogP contribution in [-0.2, 0) is 9.59 Å². The van der Waals surface area contributed by atoms with E-state index in [4.69, 9.17) is 5.73 Å². The van der Waals surface area contributed by atoms with Crippen LogP contribution in [0.15, 0.2) is 0 Å². The molecule has 0 aromatic carbocycles. The summed E-state index contributed by atoms with van der Waals surface area (Å²) in [7, 11) is 0. The molecule has 5 nitrogen and oxygen atoms in total. The minimum absolute atomic E-state index is 0. The molecule has 1 saturated carbocycles. The van der Waals surface area contributed by atoms with Crippen molar-refractivity contribution in [3.8, 4) is 0 Å². The molecule has 0 radical (unpaired) electrons. The minimum Gasteiger partial charge on any atom is -0.550 e. The van der Waals surface area contributed by atoms with Crippen LogP contribution in [0.5, 0.6) is 0 Å². The van der Waals surface area contributed by atoms with Crippen molar-refractivity contribution in [3.05, 3.63) is 0 Å². The van der Waals surface area contributed by atoms with Crippen LogP contribution in [0.25, 0.3) is 0 Å². The first-order valence-corrected chi connectivity index (χ1v) is 6.18. The van der Waals surface area contributed by atoms with Crippen LogP contribution in [0.4, 0.5) is 0 Å². The summed E-state index contributed by atoms with van der Waals surface area (Å²) in [5, 5.41) is 13.6. The smallest absolute Gasteiger partial charge is 0.550 e. The average molecular weight is 264 g/mol. The van der Waals surface area contributed by atoms with E-state index in [0.29, 0.717) is 0 Å². The molecule has 2 unspecified atom stereocenters. The van der Waals surface area contributed by atoms with Crippen molar-refractivity contribution in [2.75, 3.05) is 0 Å². The Balaban J connectivity index is 0.00000289. The Labute approximate surface area is 130 Å². The number of hydrogen-bond donors (Lipinski definition) is 2. The molecule has 18 heavy (non-hydrogen) atoms. The molecular weight excluding hydrogens is 243 g/mol. The van der Waals surface area contributed by atoms with Gasteiger partial charge in [-0.05, 0) is 25.7 Å². The van der Waals surface area contributed by atoms with Crippen molar-refractivity contribution in [3.63, 3.8) is 0 Å². The molecule has 1 amide bonds. The van der Waals surface area contributed by atoms with E-state index < -0.39 is 17.8 Å². The second kappa shape index (κ2) is 8.15. The molecule has 0 spiro atoms. The van der Waals surface area contributed by atoms with Crippen molar-refractivity contribution in [1.82, 2.24) is 5.32 Å². The van der Waals surface area contributed by atoms with E-state index in [0.717, 1.165) is 25.7 Å². The van der Waals surface area contributed by atoms with Crippen LogP contribution in [0, 0.1) is 11.8 Å². The van der Waals surface area contributed by atoms with Crippen molar-refractivity contribution in [2.24, 2.45) is 17.6 Å². The number of aliphatic carboxylic acids is 1. The van der Waals surface area contributed by atoms with Crippen molar-refractivity contribution in [1.29, 1.82) is 0 Å². The first-order chi connectivity index (χ1) is 7.91. The monoisotopic (exact) mass is 264 g/mol. The van der Waals surface area contributed by atoms with E-state index in [9.17, 15) is 14.7 Å². The number of hydrogen-bond acceptors (Lipinski definition) is 4. The van der Waals surface area contributed by atoms with Crippen molar-refractivity contribution < 1.29 is 44.3 Å². The molecule has 0 aromatic rings. The van der Waals surface area contributed by atoms with Crippen LogP contribution in [-0.4, -0.2) is 24.0 Å². The van der Waals surface area contributed by atoms with Gasteiger partial charge < -0.3 is 21.0 Å². The van der Waals surface area contributed by atoms with E-state index >= 15 is 0 Å². The zero-order valence-corrected chi connectivity index (χ0v) is 13.4. The molecule has 0 aromatic heterocycles. The van der Waals surface area contributed by atoms with Gasteiger partial charge in [-0.25, -0.2) is 0 Å². The summed E-state index contributed by atoms with van der Waals surface area (Å²) in [5.41, 5.74) is 5.78. The fourth-order valence-corrected chi connectivity index (χ4v) is 2.03. The Morgan fingerprint density at radius 1 is 1.17 bits per heavy atom. The number of rotatable bonds is 4. The van der Waals surface area contributed by atoms with E-state index in [2.05, 4.69) is 5.32 Å². The summed E-state index contributed by atoms with van der Waals surface area (Å²) in [6, 6.07) is 0.376. The fraction of sp³-hybridized carbons (Fsp3) is 0.833. The zero-order chi connectivity index (χ0) is 13.0. The second-order valence-corrected chi connectivity index (χ2v) is 5.02. The molecule has 2 atom stereocenters. The molecule has 98 valence electrons. The molecule has 0 aliphatic heterocycles. The Kier molecular flexibility index (Phi) is 8.10. The third-order valence-electron chi connectivity index (χ3n) is 3.65. The third kappa shape index (κ3) is 5.26. The van der Waals surface area contributed by atoms with E-state index in [1.165, 1.54) is 6.92 Å². The topological polar surface area (TPSA) is 95.2 Å². The van der Waals surface area contributed by atoms with Gasteiger partial charge in [-0.2, -0.15) is 0 Å². The minimum atomic E-state index is -1.18. The first-order valence-electron chi connectivity index (χ1n) is 6.18. The molecule has 1 rings (SSSR count). The number of carboxylic acids is 1. The number of carbonyl (C=O) groups excluding carboxylic acids is 2. The predicted molar refractivity (Wildman–Crippen MR) is 61.7 cm³/mol. The molecule has 0 saturated heterocycles. The maximum Gasteiger partial charge on any atom is 1.00 e. The number of carbonyl (C=O) groups is 2. The predicted octanol–water partition coefficient (Wildman–Crippen LogP) is -3.60. The normalized spacial score (nSPS) is 26.6.